The zero-order valence-electron chi connectivity index (χ0n) is 14.2. The van der Waals surface area contributed by atoms with Crippen molar-refractivity contribution in [2.45, 2.75) is 72.2 Å². The highest BCUT2D eigenvalue weighted by Crippen LogP contribution is 2.37. The molecule has 0 rings (SSSR count). The third kappa shape index (κ3) is 6.24. The fourth-order valence-electron chi connectivity index (χ4n) is 1.37. The van der Waals surface area contributed by atoms with Crippen LogP contribution in [0.4, 0.5) is 0 Å². The van der Waals surface area contributed by atoms with Crippen molar-refractivity contribution in [3.8, 4) is 0 Å². The van der Waals surface area contributed by atoms with E-state index in [-0.39, 0.29) is 17.1 Å². The van der Waals surface area contributed by atoms with Gasteiger partial charge in [-0.3, -0.25) is 0 Å². The van der Waals surface area contributed by atoms with Gasteiger partial charge >= 0.3 is 0 Å². The molecule has 0 saturated carbocycles. The predicted molar refractivity (Wildman–Crippen MR) is 86.9 cm³/mol. The first-order valence-corrected chi connectivity index (χ1v) is 10.3. The summed E-state index contributed by atoms with van der Waals surface area (Å²) in [6.45, 7) is 22.3. The van der Waals surface area contributed by atoms with Crippen LogP contribution in [0.5, 0.6) is 0 Å². The summed E-state index contributed by atoms with van der Waals surface area (Å²) in [5, 5.41) is 10.2. The Balaban J connectivity index is 4.32. The van der Waals surface area contributed by atoms with Crippen LogP contribution in [0.15, 0.2) is 12.2 Å². The Morgan fingerprint density at radius 3 is 2.05 bits per heavy atom. The number of hydrogen-bond acceptors (Lipinski definition) is 2. The summed E-state index contributed by atoms with van der Waals surface area (Å²) in [6.07, 6.45) is 0.391. The van der Waals surface area contributed by atoms with E-state index in [0.717, 1.165) is 12.2 Å². The van der Waals surface area contributed by atoms with Crippen molar-refractivity contribution in [2.75, 3.05) is 6.61 Å². The Bertz CT molecular complexity index is 290. The van der Waals surface area contributed by atoms with Crippen LogP contribution in [0.25, 0.3) is 0 Å². The van der Waals surface area contributed by atoms with Gasteiger partial charge in [-0.25, -0.2) is 0 Å². The van der Waals surface area contributed by atoms with Gasteiger partial charge in [-0.05, 0) is 36.4 Å². The summed E-state index contributed by atoms with van der Waals surface area (Å²) in [4.78, 5) is 0. The minimum Gasteiger partial charge on any atom is -0.416 e. The number of aliphatic hydroxyl groups excluding tert-OH is 1. The molecule has 0 aliphatic heterocycles. The van der Waals surface area contributed by atoms with Crippen LogP contribution in [0.1, 0.15) is 48.0 Å². The van der Waals surface area contributed by atoms with Gasteiger partial charge in [0, 0.05) is 6.61 Å². The molecule has 0 heterocycles. The van der Waals surface area contributed by atoms with E-state index in [1.807, 2.05) is 13.8 Å². The average molecular weight is 287 g/mol. The van der Waals surface area contributed by atoms with Crippen molar-refractivity contribution in [2.24, 2.45) is 11.8 Å². The maximum atomic E-state index is 9.91. The number of aliphatic hydroxyl groups is 1. The SMILES string of the molecule is C=C(C[C@H](O)C(C)C)[C@@H](C)CO[Si](C)(C)C(C)(C)C. The van der Waals surface area contributed by atoms with Crippen molar-refractivity contribution in [1.82, 2.24) is 0 Å². The van der Waals surface area contributed by atoms with Crippen LogP contribution < -0.4 is 0 Å². The first-order valence-electron chi connectivity index (χ1n) is 7.38. The summed E-state index contributed by atoms with van der Waals surface area (Å²) >= 11 is 0. The molecular weight excluding hydrogens is 252 g/mol. The van der Waals surface area contributed by atoms with E-state index >= 15 is 0 Å². The van der Waals surface area contributed by atoms with Crippen molar-refractivity contribution in [1.29, 1.82) is 0 Å². The number of hydrogen-bond donors (Lipinski definition) is 1. The highest BCUT2D eigenvalue weighted by atomic mass is 28.4. The van der Waals surface area contributed by atoms with Crippen LogP contribution in [0.3, 0.4) is 0 Å². The summed E-state index contributed by atoms with van der Waals surface area (Å²) in [6, 6.07) is 0. The highest BCUT2D eigenvalue weighted by Gasteiger charge is 2.37. The van der Waals surface area contributed by atoms with Crippen LogP contribution in [-0.2, 0) is 4.43 Å². The van der Waals surface area contributed by atoms with Crippen molar-refractivity contribution >= 4 is 8.32 Å². The van der Waals surface area contributed by atoms with E-state index in [0.29, 0.717) is 12.3 Å². The van der Waals surface area contributed by atoms with Crippen molar-refractivity contribution in [3.63, 3.8) is 0 Å². The second-order valence-electron chi connectivity index (χ2n) is 7.65. The van der Waals surface area contributed by atoms with Gasteiger partial charge in [-0.2, -0.15) is 0 Å². The molecule has 0 spiro atoms. The molecule has 0 amide bonds. The van der Waals surface area contributed by atoms with E-state index in [2.05, 4.69) is 47.4 Å². The fraction of sp³-hybridized carbons (Fsp3) is 0.875. The van der Waals surface area contributed by atoms with Crippen molar-refractivity contribution < 1.29 is 9.53 Å². The minimum atomic E-state index is -1.68. The molecule has 114 valence electrons. The second kappa shape index (κ2) is 7.05. The van der Waals surface area contributed by atoms with Gasteiger partial charge < -0.3 is 9.53 Å². The topological polar surface area (TPSA) is 29.5 Å². The van der Waals surface area contributed by atoms with Crippen LogP contribution in [-0.4, -0.2) is 26.1 Å². The molecule has 0 aliphatic carbocycles. The molecular formula is C16H34O2Si. The molecule has 0 aromatic rings. The van der Waals surface area contributed by atoms with Gasteiger partial charge in [0.25, 0.3) is 0 Å². The van der Waals surface area contributed by atoms with E-state index in [1.54, 1.807) is 0 Å². The standard InChI is InChI=1S/C16H34O2Si/c1-12(2)15(17)10-13(3)14(4)11-18-19(8,9)16(5,6)7/h12,14-15,17H,3,10-11H2,1-2,4-9H3/t14-,15-/m0/s1. The molecule has 19 heavy (non-hydrogen) atoms. The molecule has 0 unspecified atom stereocenters. The van der Waals surface area contributed by atoms with E-state index in [4.69, 9.17) is 4.43 Å². The Labute approximate surface area is 121 Å². The number of rotatable bonds is 7. The zero-order valence-corrected chi connectivity index (χ0v) is 15.2. The molecule has 0 bridgehead atoms. The smallest absolute Gasteiger partial charge is 0.192 e. The Morgan fingerprint density at radius 2 is 1.68 bits per heavy atom. The Morgan fingerprint density at radius 1 is 1.21 bits per heavy atom. The third-order valence-corrected chi connectivity index (χ3v) is 8.94. The van der Waals surface area contributed by atoms with Gasteiger partial charge in [0.1, 0.15) is 0 Å². The Hall–Kier alpha value is -0.123. The monoisotopic (exact) mass is 286 g/mol. The van der Waals surface area contributed by atoms with Crippen LogP contribution >= 0.6 is 0 Å². The lowest BCUT2D eigenvalue weighted by atomic mass is 9.93. The molecule has 0 radical (unpaired) electrons. The van der Waals surface area contributed by atoms with Crippen LogP contribution in [0, 0.1) is 11.8 Å². The molecule has 0 aromatic carbocycles. The molecule has 2 atom stereocenters. The molecule has 0 saturated heterocycles. The molecule has 3 heteroatoms. The van der Waals surface area contributed by atoms with Gasteiger partial charge in [0.05, 0.1) is 6.10 Å². The van der Waals surface area contributed by atoms with Gasteiger partial charge in [-0.1, -0.05) is 53.7 Å². The van der Waals surface area contributed by atoms with E-state index < -0.39 is 8.32 Å². The molecule has 0 fully saturated rings. The maximum absolute atomic E-state index is 9.91. The third-order valence-electron chi connectivity index (χ3n) is 4.44. The quantitative estimate of drug-likeness (QED) is 0.547. The minimum absolute atomic E-state index is 0.242. The van der Waals surface area contributed by atoms with Gasteiger partial charge in [0.2, 0.25) is 0 Å². The van der Waals surface area contributed by atoms with E-state index in [9.17, 15) is 5.11 Å². The summed E-state index contributed by atoms with van der Waals surface area (Å²) in [5.74, 6) is 0.591. The van der Waals surface area contributed by atoms with E-state index in [1.165, 1.54) is 0 Å². The van der Waals surface area contributed by atoms with Gasteiger partial charge in [0.15, 0.2) is 8.32 Å². The average Bonchev–Trinajstić information content (AvgIpc) is 2.23. The summed E-state index contributed by atoms with van der Waals surface area (Å²) in [5.41, 5.74) is 1.10. The Kier molecular flexibility index (Phi) is 7.00. The molecule has 2 nitrogen and oxygen atoms in total. The summed E-state index contributed by atoms with van der Waals surface area (Å²) < 4.78 is 6.22. The zero-order chi connectivity index (χ0) is 15.4. The van der Waals surface area contributed by atoms with Gasteiger partial charge in [-0.15, -0.1) is 0 Å². The first kappa shape index (κ1) is 18.9. The first-order chi connectivity index (χ1) is 8.38. The molecule has 0 aromatic heterocycles. The normalized spacial score (nSPS) is 16.5. The second-order valence-corrected chi connectivity index (χ2v) is 12.5. The molecule has 1 N–H and O–H groups in total. The lowest BCUT2D eigenvalue weighted by Crippen LogP contribution is -2.42. The largest absolute Gasteiger partial charge is 0.416 e. The maximum Gasteiger partial charge on any atom is 0.192 e. The predicted octanol–water partition coefficient (Wildman–Crippen LogP) is 4.61. The lowest BCUT2D eigenvalue weighted by Gasteiger charge is -2.37. The lowest BCUT2D eigenvalue weighted by molar-refractivity contribution is 0.121. The van der Waals surface area contributed by atoms with Crippen LogP contribution in [0.2, 0.25) is 18.1 Å². The molecule has 0 aliphatic rings. The summed E-state index contributed by atoms with van der Waals surface area (Å²) in [7, 11) is -1.68. The van der Waals surface area contributed by atoms with Crippen molar-refractivity contribution in [3.05, 3.63) is 12.2 Å². The fourth-order valence-corrected chi connectivity index (χ4v) is 2.47. The highest BCUT2D eigenvalue weighted by molar-refractivity contribution is 6.74.